The molecule has 0 spiro atoms. The summed E-state index contributed by atoms with van der Waals surface area (Å²) >= 11 is 0. The Labute approximate surface area is 154 Å². The van der Waals surface area contributed by atoms with Gasteiger partial charge in [0.1, 0.15) is 13.2 Å². The van der Waals surface area contributed by atoms with E-state index in [-0.39, 0.29) is 11.9 Å². The molecule has 0 radical (unpaired) electrons. The zero-order valence-electron chi connectivity index (χ0n) is 15.0. The quantitative estimate of drug-likeness (QED) is 0.782. The fourth-order valence-electron chi connectivity index (χ4n) is 3.68. The minimum absolute atomic E-state index is 0.0592. The van der Waals surface area contributed by atoms with Gasteiger partial charge in [0, 0.05) is 12.6 Å². The lowest BCUT2D eigenvalue weighted by Crippen LogP contribution is -2.29. The molecule has 0 saturated carbocycles. The fourth-order valence-corrected chi connectivity index (χ4v) is 3.68. The van der Waals surface area contributed by atoms with E-state index in [1.807, 2.05) is 41.3 Å². The second kappa shape index (κ2) is 7.24. The minimum Gasteiger partial charge on any atom is -0.486 e. The van der Waals surface area contributed by atoms with E-state index in [1.54, 1.807) is 6.08 Å². The molecule has 1 amide bonds. The van der Waals surface area contributed by atoms with E-state index in [1.165, 1.54) is 5.56 Å². The molecule has 134 valence electrons. The van der Waals surface area contributed by atoms with Gasteiger partial charge in [-0.3, -0.25) is 4.79 Å². The molecule has 2 aromatic rings. The molecule has 4 rings (SSSR count). The van der Waals surface area contributed by atoms with E-state index in [9.17, 15) is 4.79 Å². The van der Waals surface area contributed by atoms with Crippen molar-refractivity contribution in [2.75, 3.05) is 19.8 Å². The Bertz CT molecular complexity index is 843. The summed E-state index contributed by atoms with van der Waals surface area (Å²) in [4.78, 5) is 14.7. The maximum atomic E-state index is 12.8. The Morgan fingerprint density at radius 3 is 2.81 bits per heavy atom. The number of amides is 1. The number of carbonyl (C=O) groups excluding carboxylic acids is 1. The van der Waals surface area contributed by atoms with Crippen molar-refractivity contribution in [3.05, 3.63) is 65.2 Å². The summed E-state index contributed by atoms with van der Waals surface area (Å²) in [5.41, 5.74) is 3.35. The van der Waals surface area contributed by atoms with Crippen LogP contribution in [0.2, 0.25) is 0 Å². The highest BCUT2D eigenvalue weighted by molar-refractivity contribution is 5.92. The molecule has 1 fully saturated rings. The third-order valence-corrected chi connectivity index (χ3v) is 4.95. The first-order valence-corrected chi connectivity index (χ1v) is 9.15. The molecule has 2 aliphatic rings. The lowest BCUT2D eigenvalue weighted by atomic mass is 10.0. The molecule has 2 heterocycles. The molecule has 0 N–H and O–H groups in total. The highest BCUT2D eigenvalue weighted by Crippen LogP contribution is 2.38. The molecule has 1 saturated heterocycles. The van der Waals surface area contributed by atoms with Gasteiger partial charge in [0.2, 0.25) is 5.91 Å². The van der Waals surface area contributed by atoms with Crippen LogP contribution in [0, 0.1) is 6.92 Å². The zero-order valence-corrected chi connectivity index (χ0v) is 15.0. The molecule has 0 aromatic heterocycles. The van der Waals surface area contributed by atoms with E-state index in [0.717, 1.165) is 42.0 Å². The van der Waals surface area contributed by atoms with E-state index in [2.05, 4.69) is 19.1 Å². The zero-order chi connectivity index (χ0) is 17.9. The highest BCUT2D eigenvalue weighted by Gasteiger charge is 2.29. The minimum atomic E-state index is 0.0592. The Hall–Kier alpha value is -2.75. The van der Waals surface area contributed by atoms with Gasteiger partial charge in [-0.1, -0.05) is 35.9 Å². The van der Waals surface area contributed by atoms with Crippen molar-refractivity contribution in [3.63, 3.8) is 0 Å². The average molecular weight is 349 g/mol. The summed E-state index contributed by atoms with van der Waals surface area (Å²) in [6.45, 7) is 4.00. The van der Waals surface area contributed by atoms with Gasteiger partial charge in [0.05, 0.1) is 6.04 Å². The van der Waals surface area contributed by atoms with Crippen LogP contribution in [0.25, 0.3) is 6.08 Å². The maximum Gasteiger partial charge on any atom is 0.247 e. The van der Waals surface area contributed by atoms with Crippen LogP contribution >= 0.6 is 0 Å². The highest BCUT2D eigenvalue weighted by atomic mass is 16.6. The number of nitrogens with zero attached hydrogens (tertiary/aromatic N) is 1. The van der Waals surface area contributed by atoms with Crippen LogP contribution in [0.3, 0.4) is 0 Å². The van der Waals surface area contributed by atoms with Gasteiger partial charge >= 0.3 is 0 Å². The number of fused-ring (bicyclic) bond motifs is 1. The number of ether oxygens (including phenoxy) is 2. The molecule has 26 heavy (non-hydrogen) atoms. The van der Waals surface area contributed by atoms with Crippen molar-refractivity contribution in [2.24, 2.45) is 0 Å². The van der Waals surface area contributed by atoms with Crippen LogP contribution in [0.1, 0.15) is 35.6 Å². The van der Waals surface area contributed by atoms with Gasteiger partial charge in [-0.15, -0.1) is 0 Å². The van der Waals surface area contributed by atoms with Gasteiger partial charge in [-0.25, -0.2) is 0 Å². The summed E-state index contributed by atoms with van der Waals surface area (Å²) in [6.07, 6.45) is 5.58. The molecule has 0 aliphatic carbocycles. The fraction of sp³-hybridized carbons (Fsp3) is 0.318. The maximum absolute atomic E-state index is 12.8. The number of likely N-dealkylation sites (tertiary alicyclic amines) is 1. The number of benzene rings is 2. The lowest BCUT2D eigenvalue weighted by Gasteiger charge is -2.26. The Morgan fingerprint density at radius 1 is 1.12 bits per heavy atom. The van der Waals surface area contributed by atoms with Crippen molar-refractivity contribution < 1.29 is 14.3 Å². The topological polar surface area (TPSA) is 38.8 Å². The van der Waals surface area contributed by atoms with Gasteiger partial charge in [-0.05, 0) is 49.1 Å². The van der Waals surface area contributed by atoms with Crippen LogP contribution in [-0.2, 0) is 4.79 Å². The van der Waals surface area contributed by atoms with Crippen molar-refractivity contribution in [3.8, 4) is 11.5 Å². The summed E-state index contributed by atoms with van der Waals surface area (Å²) in [7, 11) is 0. The first kappa shape index (κ1) is 16.7. The molecular weight excluding hydrogens is 326 g/mol. The molecule has 2 aromatic carbocycles. The Kier molecular flexibility index (Phi) is 4.65. The van der Waals surface area contributed by atoms with Crippen LogP contribution in [0.15, 0.2) is 48.5 Å². The van der Waals surface area contributed by atoms with Gasteiger partial charge in [-0.2, -0.15) is 0 Å². The predicted octanol–water partition coefficient (Wildman–Crippen LogP) is 4.14. The predicted molar refractivity (Wildman–Crippen MR) is 101 cm³/mol. The third kappa shape index (κ3) is 3.45. The number of aryl methyl sites for hydroxylation is 1. The standard InChI is InChI=1S/C22H23NO3/c1-16-4-2-5-17(14-16)7-10-22(24)23-11-3-6-19(23)18-8-9-20-21(15-18)26-13-12-25-20/h2,4-5,7-10,14-15,19H,3,6,11-13H2,1H3/b10-7+. The van der Waals surface area contributed by atoms with E-state index >= 15 is 0 Å². The first-order chi connectivity index (χ1) is 12.7. The largest absolute Gasteiger partial charge is 0.486 e. The molecule has 4 heteroatoms. The lowest BCUT2D eigenvalue weighted by molar-refractivity contribution is -0.126. The second-order valence-electron chi connectivity index (χ2n) is 6.84. The second-order valence-corrected chi connectivity index (χ2v) is 6.84. The number of hydrogen-bond acceptors (Lipinski definition) is 3. The monoisotopic (exact) mass is 349 g/mol. The number of hydrogen-bond donors (Lipinski definition) is 0. The summed E-state index contributed by atoms with van der Waals surface area (Å²) < 4.78 is 11.3. The third-order valence-electron chi connectivity index (χ3n) is 4.95. The average Bonchev–Trinajstić information content (AvgIpc) is 3.16. The van der Waals surface area contributed by atoms with E-state index in [0.29, 0.717) is 13.2 Å². The summed E-state index contributed by atoms with van der Waals surface area (Å²) in [6, 6.07) is 14.3. The first-order valence-electron chi connectivity index (χ1n) is 9.15. The Balaban J connectivity index is 1.52. The summed E-state index contributed by atoms with van der Waals surface area (Å²) in [5, 5.41) is 0. The molecule has 0 bridgehead atoms. The molecule has 1 unspecified atom stereocenters. The van der Waals surface area contributed by atoms with E-state index in [4.69, 9.17) is 9.47 Å². The molecular formula is C22H23NO3. The van der Waals surface area contributed by atoms with Gasteiger partial charge < -0.3 is 14.4 Å². The van der Waals surface area contributed by atoms with Crippen LogP contribution in [0.4, 0.5) is 0 Å². The molecule has 4 nitrogen and oxygen atoms in total. The van der Waals surface area contributed by atoms with Crippen LogP contribution in [0.5, 0.6) is 11.5 Å². The van der Waals surface area contributed by atoms with Crippen molar-refractivity contribution in [2.45, 2.75) is 25.8 Å². The summed E-state index contributed by atoms with van der Waals surface area (Å²) in [5.74, 6) is 1.63. The van der Waals surface area contributed by atoms with Gasteiger partial charge in [0.15, 0.2) is 11.5 Å². The van der Waals surface area contributed by atoms with Crippen molar-refractivity contribution in [1.29, 1.82) is 0 Å². The molecule has 2 aliphatic heterocycles. The van der Waals surface area contributed by atoms with Crippen LogP contribution in [-0.4, -0.2) is 30.6 Å². The Morgan fingerprint density at radius 2 is 1.96 bits per heavy atom. The van der Waals surface area contributed by atoms with Crippen LogP contribution < -0.4 is 9.47 Å². The number of carbonyl (C=O) groups is 1. The normalized spacial score (nSPS) is 19.1. The van der Waals surface area contributed by atoms with Gasteiger partial charge in [0.25, 0.3) is 0 Å². The SMILES string of the molecule is Cc1cccc(/C=C/C(=O)N2CCCC2c2ccc3c(c2)OCCO3)c1. The number of rotatable bonds is 3. The van der Waals surface area contributed by atoms with Crippen molar-refractivity contribution in [1.82, 2.24) is 4.90 Å². The van der Waals surface area contributed by atoms with Crippen molar-refractivity contribution >= 4 is 12.0 Å². The molecule has 1 atom stereocenters. The van der Waals surface area contributed by atoms with E-state index < -0.39 is 0 Å². The smallest absolute Gasteiger partial charge is 0.247 e.